The molecule has 0 unspecified atom stereocenters. The second-order valence-corrected chi connectivity index (χ2v) is 7.76. The molecule has 0 aromatic heterocycles. The van der Waals surface area contributed by atoms with Gasteiger partial charge in [-0.25, -0.2) is 4.99 Å². The minimum atomic E-state index is -0.579. The Morgan fingerprint density at radius 1 is 1.12 bits per heavy atom. The van der Waals surface area contributed by atoms with Gasteiger partial charge >= 0.3 is 0 Å². The van der Waals surface area contributed by atoms with Crippen molar-refractivity contribution in [3.63, 3.8) is 0 Å². The van der Waals surface area contributed by atoms with E-state index in [4.69, 9.17) is 4.74 Å². The predicted molar refractivity (Wildman–Crippen MR) is 125 cm³/mol. The second kappa shape index (κ2) is 8.79. The molecule has 1 amide bonds. The zero-order chi connectivity index (χ0) is 22.8. The summed E-state index contributed by atoms with van der Waals surface area (Å²) in [4.78, 5) is 37.2. The molecule has 3 aliphatic rings. The van der Waals surface area contributed by atoms with E-state index < -0.39 is 10.8 Å². The van der Waals surface area contributed by atoms with E-state index in [1.54, 1.807) is 12.1 Å². The fourth-order valence-electron chi connectivity index (χ4n) is 4.05. The fourth-order valence-corrected chi connectivity index (χ4v) is 4.05. The molecule has 1 saturated heterocycles. The first-order valence-corrected chi connectivity index (χ1v) is 10.6. The molecule has 3 aliphatic heterocycles. The lowest BCUT2D eigenvalue weighted by Crippen LogP contribution is -2.36. The van der Waals surface area contributed by atoms with Crippen LogP contribution in [-0.4, -0.2) is 53.7 Å². The van der Waals surface area contributed by atoms with Gasteiger partial charge in [-0.2, -0.15) is 4.99 Å². The summed E-state index contributed by atoms with van der Waals surface area (Å²) in [6.45, 7) is 2.73. The smallest absolute Gasteiger partial charge is 0.293 e. The van der Waals surface area contributed by atoms with Crippen molar-refractivity contribution in [2.24, 2.45) is 9.98 Å². The number of anilines is 1. The number of carbonyl (C=O) groups excluding carboxylic acids is 1. The largest absolute Gasteiger partial charge is 0.378 e. The average molecular weight is 443 g/mol. The Hall–Kier alpha value is -4.11. The fraction of sp³-hybridized carbons (Fsp3) is 0.208. The van der Waals surface area contributed by atoms with Gasteiger partial charge in [0.2, 0.25) is 0 Å². The topological polar surface area (TPSA) is 101 Å². The van der Waals surface area contributed by atoms with Crippen molar-refractivity contribution in [2.75, 3.05) is 31.2 Å². The standard InChI is InChI=1S/C24H21N5O4/c30-24(17-8-9-20(21(15-17)29(31)32)27-11-13-33-14-12-27)26-23-19-6-2-1-5-18(19)16-28-10-4-3-7-22(28)25-23/h1-10,15H,11-14,16H2. The van der Waals surface area contributed by atoms with Gasteiger partial charge in [-0.3, -0.25) is 14.9 Å². The Kier molecular flexibility index (Phi) is 5.54. The molecule has 0 bridgehead atoms. The van der Waals surface area contributed by atoms with Crippen LogP contribution in [0.2, 0.25) is 0 Å². The number of fused-ring (bicyclic) bond motifs is 2. The molecule has 166 valence electrons. The Morgan fingerprint density at radius 2 is 1.94 bits per heavy atom. The Labute approximate surface area is 190 Å². The Balaban J connectivity index is 1.53. The van der Waals surface area contributed by atoms with Crippen LogP contribution in [0.1, 0.15) is 21.5 Å². The number of amidine groups is 2. The van der Waals surface area contributed by atoms with Gasteiger partial charge in [-0.15, -0.1) is 0 Å². The van der Waals surface area contributed by atoms with Crippen LogP contribution in [0, 0.1) is 10.1 Å². The van der Waals surface area contributed by atoms with Gasteiger partial charge in [0.05, 0.1) is 18.1 Å². The van der Waals surface area contributed by atoms with Crippen LogP contribution in [0.15, 0.2) is 76.9 Å². The second-order valence-electron chi connectivity index (χ2n) is 7.76. The lowest BCUT2D eigenvalue weighted by atomic mass is 10.1. The van der Waals surface area contributed by atoms with E-state index in [2.05, 4.69) is 9.98 Å². The highest BCUT2D eigenvalue weighted by molar-refractivity contribution is 6.16. The van der Waals surface area contributed by atoms with Crippen molar-refractivity contribution in [1.82, 2.24) is 4.90 Å². The third-order valence-corrected chi connectivity index (χ3v) is 5.71. The first-order valence-electron chi connectivity index (χ1n) is 10.6. The Morgan fingerprint density at radius 3 is 2.76 bits per heavy atom. The van der Waals surface area contributed by atoms with Gasteiger partial charge in [-0.1, -0.05) is 30.3 Å². The normalized spacial score (nSPS) is 18.4. The third-order valence-electron chi connectivity index (χ3n) is 5.71. The van der Waals surface area contributed by atoms with E-state index in [0.717, 1.165) is 11.1 Å². The maximum atomic E-state index is 13.1. The van der Waals surface area contributed by atoms with Gasteiger partial charge in [-0.05, 0) is 29.8 Å². The van der Waals surface area contributed by atoms with Crippen molar-refractivity contribution in [2.45, 2.75) is 6.54 Å². The highest BCUT2D eigenvalue weighted by atomic mass is 16.6. The molecule has 0 aliphatic carbocycles. The molecule has 5 rings (SSSR count). The predicted octanol–water partition coefficient (Wildman–Crippen LogP) is 3.32. The minimum absolute atomic E-state index is 0.123. The van der Waals surface area contributed by atoms with Gasteiger partial charge in [0.25, 0.3) is 11.6 Å². The number of nitro groups is 1. The number of benzene rings is 2. The van der Waals surface area contributed by atoms with Crippen molar-refractivity contribution in [1.29, 1.82) is 0 Å². The van der Waals surface area contributed by atoms with Crippen LogP contribution >= 0.6 is 0 Å². The van der Waals surface area contributed by atoms with Crippen LogP contribution in [0.4, 0.5) is 11.4 Å². The molecule has 0 saturated carbocycles. The van der Waals surface area contributed by atoms with E-state index in [1.165, 1.54) is 6.07 Å². The number of ether oxygens (including phenoxy) is 1. The molecule has 0 radical (unpaired) electrons. The third kappa shape index (κ3) is 4.18. The monoisotopic (exact) mass is 443 g/mol. The molecular weight excluding hydrogens is 422 g/mol. The summed E-state index contributed by atoms with van der Waals surface area (Å²) >= 11 is 0. The molecule has 1 fully saturated rings. The van der Waals surface area contributed by atoms with Gasteiger partial charge in [0.1, 0.15) is 11.5 Å². The summed E-state index contributed by atoms with van der Waals surface area (Å²) < 4.78 is 5.34. The first-order chi connectivity index (χ1) is 16.1. The van der Waals surface area contributed by atoms with Gasteiger partial charge < -0.3 is 14.5 Å². The summed E-state index contributed by atoms with van der Waals surface area (Å²) in [5.41, 5.74) is 2.24. The van der Waals surface area contributed by atoms with Crippen molar-refractivity contribution in [3.8, 4) is 0 Å². The number of carbonyl (C=O) groups is 1. The lowest BCUT2D eigenvalue weighted by Gasteiger charge is -2.28. The van der Waals surface area contributed by atoms with Crippen molar-refractivity contribution >= 4 is 29.0 Å². The quantitative estimate of drug-likeness (QED) is 0.533. The van der Waals surface area contributed by atoms with E-state index >= 15 is 0 Å². The highest BCUT2D eigenvalue weighted by Crippen LogP contribution is 2.30. The number of hydrogen-bond donors (Lipinski definition) is 0. The molecule has 2 aromatic rings. The molecule has 0 atom stereocenters. The maximum Gasteiger partial charge on any atom is 0.293 e. The van der Waals surface area contributed by atoms with E-state index in [-0.39, 0.29) is 17.1 Å². The highest BCUT2D eigenvalue weighted by Gasteiger charge is 2.25. The summed E-state index contributed by atoms with van der Waals surface area (Å²) in [5, 5.41) is 11.8. The molecule has 2 aromatic carbocycles. The summed E-state index contributed by atoms with van der Waals surface area (Å²) in [6, 6.07) is 12.1. The molecular formula is C24H21N5O4. The summed E-state index contributed by atoms with van der Waals surface area (Å²) in [7, 11) is 0. The van der Waals surface area contributed by atoms with Crippen LogP contribution in [0.3, 0.4) is 0 Å². The minimum Gasteiger partial charge on any atom is -0.378 e. The van der Waals surface area contributed by atoms with Crippen LogP contribution in [0.5, 0.6) is 0 Å². The maximum absolute atomic E-state index is 13.1. The van der Waals surface area contributed by atoms with E-state index in [1.807, 2.05) is 58.5 Å². The number of amides is 1. The van der Waals surface area contributed by atoms with Crippen molar-refractivity contribution in [3.05, 3.63) is 93.7 Å². The summed E-state index contributed by atoms with van der Waals surface area (Å²) in [6.07, 6.45) is 7.57. The first kappa shape index (κ1) is 20.8. The zero-order valence-corrected chi connectivity index (χ0v) is 17.8. The zero-order valence-electron chi connectivity index (χ0n) is 17.8. The van der Waals surface area contributed by atoms with Gasteiger partial charge in [0.15, 0.2) is 5.84 Å². The molecule has 3 heterocycles. The number of allylic oxidation sites excluding steroid dienone is 2. The van der Waals surface area contributed by atoms with Crippen molar-refractivity contribution < 1.29 is 14.5 Å². The van der Waals surface area contributed by atoms with Crippen LogP contribution in [0.25, 0.3) is 0 Å². The molecule has 9 nitrogen and oxygen atoms in total. The Bertz CT molecular complexity index is 1240. The van der Waals surface area contributed by atoms with E-state index in [9.17, 15) is 14.9 Å². The number of nitro benzene ring substituents is 1. The average Bonchev–Trinajstić information content (AvgIpc) is 3.00. The number of hydrogen-bond acceptors (Lipinski definition) is 6. The number of nitrogens with zero attached hydrogens (tertiary/aromatic N) is 5. The molecule has 9 heteroatoms. The van der Waals surface area contributed by atoms with Gasteiger partial charge in [0, 0.05) is 43.0 Å². The summed E-state index contributed by atoms with van der Waals surface area (Å²) in [5.74, 6) is 0.381. The van der Waals surface area contributed by atoms with Crippen LogP contribution in [-0.2, 0) is 11.3 Å². The molecule has 0 N–H and O–H groups in total. The van der Waals surface area contributed by atoms with Crippen LogP contribution < -0.4 is 4.90 Å². The lowest BCUT2D eigenvalue weighted by molar-refractivity contribution is -0.384. The molecule has 33 heavy (non-hydrogen) atoms. The molecule has 0 spiro atoms. The SMILES string of the molecule is O=C(N=C1N=C2C=CC=CN2Cc2ccccc21)c1ccc(N2CCOCC2)c([N+](=O)[O-])c1. The number of aliphatic imine (C=N–C) groups is 2. The van der Waals surface area contributed by atoms with E-state index in [0.29, 0.717) is 44.4 Å². The number of rotatable bonds is 3. The number of morpholine rings is 1.